The molecule has 0 fully saturated rings. The highest BCUT2D eigenvalue weighted by Gasteiger charge is 2.52. The molecule has 0 amide bonds. The molecule has 2 aliphatic rings. The van der Waals surface area contributed by atoms with Gasteiger partial charge in [0.25, 0.3) is 0 Å². The van der Waals surface area contributed by atoms with Crippen LogP contribution in [-0.4, -0.2) is 0 Å². The van der Waals surface area contributed by atoms with Crippen LogP contribution in [0.2, 0.25) is 0 Å². The van der Waals surface area contributed by atoms with Gasteiger partial charge in [-0.15, -0.1) is 22.7 Å². The Morgan fingerprint density at radius 3 is 1.60 bits per heavy atom. The minimum absolute atomic E-state index is 0.434. The van der Waals surface area contributed by atoms with Crippen LogP contribution in [0, 0.1) is 0 Å². The van der Waals surface area contributed by atoms with Crippen molar-refractivity contribution in [1.82, 2.24) is 0 Å². The first-order chi connectivity index (χ1) is 28.8. The highest BCUT2D eigenvalue weighted by molar-refractivity contribution is 7.26. The van der Waals surface area contributed by atoms with E-state index >= 15 is 0 Å². The summed E-state index contributed by atoms with van der Waals surface area (Å²) in [6.45, 7) is 0. The Morgan fingerprint density at radius 2 is 0.828 bits per heavy atom. The summed E-state index contributed by atoms with van der Waals surface area (Å²) in [7, 11) is 0. The lowest BCUT2D eigenvalue weighted by molar-refractivity contribution is 0.794. The number of anilines is 3. The van der Waals surface area contributed by atoms with Gasteiger partial charge in [0.1, 0.15) is 0 Å². The minimum atomic E-state index is -0.434. The maximum atomic E-state index is 2.56. The van der Waals surface area contributed by atoms with E-state index in [2.05, 4.69) is 205 Å². The predicted octanol–water partition coefficient (Wildman–Crippen LogP) is 15.9. The van der Waals surface area contributed by atoms with Crippen molar-refractivity contribution in [2.45, 2.75) is 5.41 Å². The van der Waals surface area contributed by atoms with Gasteiger partial charge in [-0.25, -0.2) is 0 Å². The molecule has 2 aliphatic carbocycles. The smallest absolute Gasteiger partial charge is 0.0726 e. The van der Waals surface area contributed by atoms with Crippen molar-refractivity contribution in [3.05, 3.63) is 222 Å². The number of thiophene rings is 2. The lowest BCUT2D eigenvalue weighted by Crippen LogP contribution is -2.26. The summed E-state index contributed by atoms with van der Waals surface area (Å²) >= 11 is 3.75. The maximum Gasteiger partial charge on any atom is 0.0726 e. The Hall–Kier alpha value is -6.78. The number of hydrogen-bond donors (Lipinski definition) is 0. The Kier molecular flexibility index (Phi) is 6.75. The van der Waals surface area contributed by atoms with Gasteiger partial charge in [0.15, 0.2) is 0 Å². The van der Waals surface area contributed by atoms with Crippen LogP contribution in [0.5, 0.6) is 0 Å². The second-order valence-electron chi connectivity index (χ2n) is 15.5. The molecule has 13 rings (SSSR count). The van der Waals surface area contributed by atoms with Gasteiger partial charge in [0, 0.05) is 57.2 Å². The zero-order valence-electron chi connectivity index (χ0n) is 31.3. The van der Waals surface area contributed by atoms with Crippen LogP contribution in [0.15, 0.2) is 200 Å². The second-order valence-corrected chi connectivity index (χ2v) is 17.7. The van der Waals surface area contributed by atoms with Gasteiger partial charge in [0.05, 0.1) is 16.8 Å². The molecule has 0 aliphatic heterocycles. The number of benzene rings is 9. The monoisotopic (exact) mass is 771 g/mol. The normalized spacial score (nSPS) is 13.3. The summed E-state index contributed by atoms with van der Waals surface area (Å²) in [4.78, 5) is 2.56. The van der Waals surface area contributed by atoms with Crippen molar-refractivity contribution in [3.63, 3.8) is 0 Å². The Balaban J connectivity index is 1.14. The van der Waals surface area contributed by atoms with Crippen molar-refractivity contribution < 1.29 is 0 Å². The molecule has 0 bridgehead atoms. The molecule has 2 heterocycles. The zero-order chi connectivity index (χ0) is 38.0. The second kappa shape index (κ2) is 12.1. The molecule has 0 saturated heterocycles. The summed E-state index contributed by atoms with van der Waals surface area (Å²) in [6.07, 6.45) is 0. The molecule has 0 N–H and O–H groups in total. The average molecular weight is 772 g/mol. The summed E-state index contributed by atoms with van der Waals surface area (Å²) in [5.41, 5.74) is 16.1. The Morgan fingerprint density at radius 1 is 0.328 bits per heavy atom. The molecule has 0 radical (unpaired) electrons. The minimum Gasteiger partial charge on any atom is -0.309 e. The van der Waals surface area contributed by atoms with E-state index in [0.29, 0.717) is 0 Å². The van der Waals surface area contributed by atoms with Crippen LogP contribution in [0.3, 0.4) is 0 Å². The fourth-order valence-electron chi connectivity index (χ4n) is 10.5. The van der Waals surface area contributed by atoms with Gasteiger partial charge in [0.2, 0.25) is 0 Å². The first kappa shape index (κ1) is 32.3. The third-order valence-corrected chi connectivity index (χ3v) is 15.0. The van der Waals surface area contributed by atoms with Crippen molar-refractivity contribution in [2.24, 2.45) is 0 Å². The fourth-order valence-corrected chi connectivity index (χ4v) is 12.7. The first-order valence-corrected chi connectivity index (χ1v) is 21.6. The molecule has 11 aromatic rings. The Bertz CT molecular complexity index is 3450. The molecule has 1 nitrogen and oxygen atoms in total. The van der Waals surface area contributed by atoms with Gasteiger partial charge in [-0.1, -0.05) is 158 Å². The predicted molar refractivity (Wildman–Crippen MR) is 249 cm³/mol. The molecule has 0 saturated carbocycles. The van der Waals surface area contributed by atoms with Gasteiger partial charge in [-0.3, -0.25) is 0 Å². The molecular weight excluding hydrogens is 739 g/mol. The molecule has 9 aromatic carbocycles. The summed E-state index contributed by atoms with van der Waals surface area (Å²) < 4.78 is 5.22. The van der Waals surface area contributed by atoms with Crippen LogP contribution < -0.4 is 4.90 Å². The van der Waals surface area contributed by atoms with E-state index in [9.17, 15) is 0 Å². The van der Waals surface area contributed by atoms with Crippen LogP contribution in [0.1, 0.15) is 22.3 Å². The lowest BCUT2D eigenvalue weighted by Gasteiger charge is -2.32. The molecule has 0 atom stereocenters. The molecule has 0 unspecified atom stereocenters. The van der Waals surface area contributed by atoms with Gasteiger partial charge >= 0.3 is 0 Å². The summed E-state index contributed by atoms with van der Waals surface area (Å²) in [6, 6.07) is 75.0. The maximum absolute atomic E-state index is 2.56. The molecule has 2 aromatic heterocycles. The van der Waals surface area contributed by atoms with E-state index in [1.54, 1.807) is 0 Å². The molecular formula is C55H33NS2. The van der Waals surface area contributed by atoms with Gasteiger partial charge in [-0.2, -0.15) is 0 Å². The zero-order valence-corrected chi connectivity index (χ0v) is 32.9. The standard InChI is InChI=1S/C55H33NS2/c1-7-22-43-35(15-1)36-16-2-8-23-44(36)55(43)45-24-9-3-19-41(45)54-46(55)25-14-27-48(54)56(34-31-32-39-38-18-5-11-28-49(38)58-52(39)33-34)47-26-10-4-17-37(47)40-21-13-30-51-53(40)42-20-6-12-29-50(42)57-51/h1-33H. The quantitative estimate of drug-likeness (QED) is 0.172. The average Bonchev–Trinajstić information content (AvgIpc) is 4.02. The topological polar surface area (TPSA) is 3.24 Å². The highest BCUT2D eigenvalue weighted by Crippen LogP contribution is 2.65. The third-order valence-electron chi connectivity index (χ3n) is 12.7. The number of rotatable bonds is 4. The number of fused-ring (bicyclic) bond motifs is 16. The van der Waals surface area contributed by atoms with Crippen molar-refractivity contribution in [1.29, 1.82) is 0 Å². The van der Waals surface area contributed by atoms with Crippen LogP contribution in [0.4, 0.5) is 17.1 Å². The van der Waals surface area contributed by atoms with E-state index in [0.717, 1.165) is 11.4 Å². The molecule has 270 valence electrons. The van der Waals surface area contributed by atoms with Gasteiger partial charge < -0.3 is 4.90 Å². The van der Waals surface area contributed by atoms with E-state index < -0.39 is 5.41 Å². The molecule has 1 spiro atoms. The number of nitrogens with zero attached hydrogens (tertiary/aromatic N) is 1. The van der Waals surface area contributed by atoms with E-state index in [1.807, 2.05) is 22.7 Å². The lowest BCUT2D eigenvalue weighted by atomic mass is 9.70. The highest BCUT2D eigenvalue weighted by atomic mass is 32.1. The van der Waals surface area contributed by atoms with Crippen molar-refractivity contribution in [3.8, 4) is 33.4 Å². The molecule has 58 heavy (non-hydrogen) atoms. The van der Waals surface area contributed by atoms with Crippen LogP contribution in [0.25, 0.3) is 73.7 Å². The largest absolute Gasteiger partial charge is 0.309 e. The Labute approximate surface area is 344 Å². The number of hydrogen-bond acceptors (Lipinski definition) is 3. The van der Waals surface area contributed by atoms with E-state index in [1.165, 1.54) is 102 Å². The fraction of sp³-hybridized carbons (Fsp3) is 0.0182. The van der Waals surface area contributed by atoms with Crippen LogP contribution >= 0.6 is 22.7 Å². The van der Waals surface area contributed by atoms with E-state index in [-0.39, 0.29) is 0 Å². The summed E-state index contributed by atoms with van der Waals surface area (Å²) in [5.74, 6) is 0. The van der Waals surface area contributed by atoms with E-state index in [4.69, 9.17) is 0 Å². The first-order valence-electron chi connectivity index (χ1n) is 19.9. The van der Waals surface area contributed by atoms with Crippen LogP contribution in [-0.2, 0) is 5.41 Å². The molecule has 3 heteroatoms. The van der Waals surface area contributed by atoms with Crippen molar-refractivity contribution in [2.75, 3.05) is 4.90 Å². The SMILES string of the molecule is c1ccc(N(c2ccc3c(c2)sc2ccccc23)c2cccc3c2-c2ccccc2C32c3ccccc3-c3ccccc32)c(-c2cccc3sc4ccccc4c23)c1. The summed E-state index contributed by atoms with van der Waals surface area (Å²) in [5, 5.41) is 5.24. The van der Waals surface area contributed by atoms with Gasteiger partial charge in [-0.05, 0) is 87.0 Å². The third kappa shape index (κ3) is 4.24. The van der Waals surface area contributed by atoms with Crippen molar-refractivity contribution >= 4 is 80.1 Å². The number of para-hydroxylation sites is 1.